The molecule has 2 heterocycles. The molecule has 0 aliphatic carbocycles. The van der Waals surface area contributed by atoms with E-state index in [1.54, 1.807) is 12.1 Å². The first-order valence-electron chi connectivity index (χ1n) is 7.26. The van der Waals surface area contributed by atoms with Crippen molar-refractivity contribution in [1.29, 1.82) is 0 Å². The molecule has 0 bridgehead atoms. The van der Waals surface area contributed by atoms with Gasteiger partial charge < -0.3 is 18.9 Å². The van der Waals surface area contributed by atoms with Crippen LogP contribution in [0.4, 0.5) is 4.39 Å². The summed E-state index contributed by atoms with van der Waals surface area (Å²) in [5, 5.41) is 0.261. The van der Waals surface area contributed by atoms with Crippen LogP contribution in [0.1, 0.15) is 15.2 Å². The molecule has 1 atom stereocenters. The molecule has 1 aromatic carbocycles. The Labute approximate surface area is 141 Å². The van der Waals surface area contributed by atoms with Gasteiger partial charge in [0.2, 0.25) is 0 Å². The first-order valence-corrected chi connectivity index (χ1v) is 8.07. The molecule has 3 rings (SSSR count). The van der Waals surface area contributed by atoms with Gasteiger partial charge in [0.05, 0.1) is 26.9 Å². The largest absolute Gasteiger partial charge is 0.465 e. The number of benzene rings is 1. The van der Waals surface area contributed by atoms with Gasteiger partial charge in [0.25, 0.3) is 0 Å². The zero-order chi connectivity index (χ0) is 17.1. The summed E-state index contributed by atoms with van der Waals surface area (Å²) in [4.78, 5) is 24.2. The van der Waals surface area contributed by atoms with Gasteiger partial charge in [0, 0.05) is 15.6 Å². The highest BCUT2D eigenvalue weighted by atomic mass is 32.1. The number of hydrogen-bond acceptors (Lipinski definition) is 7. The smallest absolute Gasteiger partial charge is 0.348 e. The highest BCUT2D eigenvalue weighted by molar-refractivity contribution is 7.21. The van der Waals surface area contributed by atoms with Crippen molar-refractivity contribution in [2.45, 2.75) is 12.7 Å². The van der Waals surface area contributed by atoms with Crippen molar-refractivity contribution in [2.24, 2.45) is 0 Å². The number of carbonyl (C=O) groups excluding carboxylic acids is 2. The predicted molar refractivity (Wildman–Crippen MR) is 83.5 cm³/mol. The summed E-state index contributed by atoms with van der Waals surface area (Å²) >= 11 is 1.10. The van der Waals surface area contributed by atoms with Crippen LogP contribution in [0.15, 0.2) is 18.2 Å². The van der Waals surface area contributed by atoms with E-state index in [4.69, 9.17) is 18.9 Å². The van der Waals surface area contributed by atoms with Crippen LogP contribution in [0.25, 0.3) is 10.1 Å². The lowest BCUT2D eigenvalue weighted by molar-refractivity contribution is -0.172. The molecule has 24 heavy (non-hydrogen) atoms. The lowest BCUT2D eigenvalue weighted by Crippen LogP contribution is -2.36. The van der Waals surface area contributed by atoms with E-state index < -0.39 is 23.9 Å². The number of hydrogen-bond donors (Lipinski definition) is 0. The van der Waals surface area contributed by atoms with Crippen LogP contribution in [0, 0.1) is 5.82 Å². The normalized spacial score (nSPS) is 17.7. The predicted octanol–water partition coefficient (Wildman–Crippen LogP) is 2.29. The van der Waals surface area contributed by atoms with Crippen molar-refractivity contribution in [3.8, 4) is 0 Å². The molecule has 0 spiro atoms. The number of methoxy groups -OCH3 is 1. The second kappa shape index (κ2) is 7.25. The third kappa shape index (κ3) is 3.26. The van der Waals surface area contributed by atoms with Gasteiger partial charge in [0.1, 0.15) is 17.3 Å². The lowest BCUT2D eigenvalue weighted by Gasteiger charge is -2.21. The van der Waals surface area contributed by atoms with Crippen molar-refractivity contribution >= 4 is 33.4 Å². The van der Waals surface area contributed by atoms with E-state index in [0.29, 0.717) is 23.5 Å². The van der Waals surface area contributed by atoms with Crippen molar-refractivity contribution in [3.05, 3.63) is 34.5 Å². The molecule has 128 valence electrons. The fourth-order valence-corrected chi connectivity index (χ4v) is 3.56. The molecule has 2 aromatic rings. The maximum atomic E-state index is 14.2. The zero-order valence-corrected chi connectivity index (χ0v) is 13.7. The monoisotopic (exact) mass is 354 g/mol. The summed E-state index contributed by atoms with van der Waals surface area (Å²) in [5.74, 6) is -1.69. The quantitative estimate of drug-likeness (QED) is 0.785. The summed E-state index contributed by atoms with van der Waals surface area (Å²) in [6.45, 7) is 0.603. The Morgan fingerprint density at radius 1 is 1.38 bits per heavy atom. The maximum Gasteiger partial charge on any atom is 0.348 e. The summed E-state index contributed by atoms with van der Waals surface area (Å²) in [7, 11) is 1.24. The highest BCUT2D eigenvalue weighted by Gasteiger charge is 2.27. The van der Waals surface area contributed by atoms with Crippen molar-refractivity contribution in [2.75, 3.05) is 26.9 Å². The zero-order valence-electron chi connectivity index (χ0n) is 12.9. The fourth-order valence-electron chi connectivity index (χ4n) is 2.42. The molecule has 6 nitrogen and oxygen atoms in total. The standard InChI is InChI=1S/C16H15FO6S/c1-20-16(19)14-9(13-10(17)3-2-4-12(13)24-14)7-23-15(18)11-8-21-5-6-22-11/h2-4,11H,5-8H2,1H3/t11-/m1/s1. The van der Waals surface area contributed by atoms with Gasteiger partial charge in [-0.05, 0) is 12.1 Å². The molecule has 1 aliphatic heterocycles. The van der Waals surface area contributed by atoms with E-state index in [-0.39, 0.29) is 23.5 Å². The molecule has 0 amide bonds. The SMILES string of the molecule is COC(=O)c1sc2cccc(F)c2c1COC(=O)[C@H]1COCCO1. The Bertz CT molecular complexity index is 765. The number of esters is 2. The van der Waals surface area contributed by atoms with Gasteiger partial charge in [0.15, 0.2) is 6.10 Å². The Hall–Kier alpha value is -2.03. The van der Waals surface area contributed by atoms with Crippen LogP contribution < -0.4 is 0 Å². The molecule has 8 heteroatoms. The Kier molecular flexibility index (Phi) is 5.08. The lowest BCUT2D eigenvalue weighted by atomic mass is 10.1. The van der Waals surface area contributed by atoms with E-state index in [2.05, 4.69) is 0 Å². The molecule has 0 N–H and O–H groups in total. The summed E-state index contributed by atoms with van der Waals surface area (Å²) < 4.78 is 35.1. The van der Waals surface area contributed by atoms with Crippen LogP contribution in [0.5, 0.6) is 0 Å². The Morgan fingerprint density at radius 3 is 2.92 bits per heavy atom. The van der Waals surface area contributed by atoms with Gasteiger partial charge in [-0.1, -0.05) is 6.07 Å². The Morgan fingerprint density at radius 2 is 2.21 bits per heavy atom. The molecule has 1 saturated heterocycles. The van der Waals surface area contributed by atoms with Crippen LogP contribution in [-0.2, 0) is 30.3 Å². The second-order valence-electron chi connectivity index (χ2n) is 5.06. The third-order valence-corrected chi connectivity index (χ3v) is 4.75. The van der Waals surface area contributed by atoms with Crippen LogP contribution >= 0.6 is 11.3 Å². The number of ether oxygens (including phenoxy) is 4. The summed E-state index contributed by atoms with van der Waals surface area (Å²) in [6, 6.07) is 4.54. The first kappa shape index (κ1) is 16.8. The van der Waals surface area contributed by atoms with E-state index in [1.165, 1.54) is 13.2 Å². The van der Waals surface area contributed by atoms with Crippen LogP contribution in [-0.4, -0.2) is 45.0 Å². The van der Waals surface area contributed by atoms with Gasteiger partial charge in [-0.2, -0.15) is 0 Å². The fraction of sp³-hybridized carbons (Fsp3) is 0.375. The van der Waals surface area contributed by atoms with Crippen LogP contribution in [0.3, 0.4) is 0 Å². The molecule has 1 aliphatic rings. The number of fused-ring (bicyclic) bond motifs is 1. The molecular formula is C16H15FO6S. The minimum atomic E-state index is -0.810. The number of thiophene rings is 1. The van der Waals surface area contributed by atoms with E-state index in [1.807, 2.05) is 0 Å². The van der Waals surface area contributed by atoms with E-state index in [0.717, 1.165) is 11.3 Å². The van der Waals surface area contributed by atoms with Gasteiger partial charge in [-0.15, -0.1) is 11.3 Å². The van der Waals surface area contributed by atoms with Crippen molar-refractivity contribution in [1.82, 2.24) is 0 Å². The van der Waals surface area contributed by atoms with Crippen molar-refractivity contribution in [3.63, 3.8) is 0 Å². The molecule has 1 fully saturated rings. The van der Waals surface area contributed by atoms with Gasteiger partial charge >= 0.3 is 11.9 Å². The maximum absolute atomic E-state index is 14.2. The average Bonchev–Trinajstić information content (AvgIpc) is 2.99. The minimum absolute atomic E-state index is 0.113. The average molecular weight is 354 g/mol. The minimum Gasteiger partial charge on any atom is -0.465 e. The summed E-state index contributed by atoms with van der Waals surface area (Å²) in [6.07, 6.45) is -0.810. The van der Waals surface area contributed by atoms with Gasteiger partial charge in [-0.25, -0.2) is 14.0 Å². The molecule has 0 saturated carbocycles. The van der Waals surface area contributed by atoms with Crippen molar-refractivity contribution < 1.29 is 32.9 Å². The molecular weight excluding hydrogens is 339 g/mol. The number of halogens is 1. The highest BCUT2D eigenvalue weighted by Crippen LogP contribution is 2.34. The van der Waals surface area contributed by atoms with E-state index >= 15 is 0 Å². The third-order valence-electron chi connectivity index (χ3n) is 3.57. The molecule has 0 unspecified atom stereocenters. The Balaban J connectivity index is 1.86. The molecule has 0 radical (unpaired) electrons. The van der Waals surface area contributed by atoms with Crippen LogP contribution in [0.2, 0.25) is 0 Å². The second-order valence-corrected chi connectivity index (χ2v) is 6.11. The molecule has 1 aromatic heterocycles. The first-order chi connectivity index (χ1) is 11.6. The number of carbonyl (C=O) groups is 2. The van der Waals surface area contributed by atoms with E-state index in [9.17, 15) is 14.0 Å². The summed E-state index contributed by atoms with van der Waals surface area (Å²) in [5.41, 5.74) is 0.296. The topological polar surface area (TPSA) is 71.1 Å². The van der Waals surface area contributed by atoms with Gasteiger partial charge in [-0.3, -0.25) is 0 Å². The number of rotatable bonds is 4.